The second kappa shape index (κ2) is 10.6. The minimum Gasteiger partial charge on any atom is -0.487 e. The molecule has 0 radical (unpaired) electrons. The molecule has 0 amide bonds. The van der Waals surface area contributed by atoms with Crippen molar-refractivity contribution in [1.82, 2.24) is 4.98 Å². The van der Waals surface area contributed by atoms with E-state index in [1.807, 2.05) is 85.8 Å². The number of benzene rings is 2. The summed E-state index contributed by atoms with van der Waals surface area (Å²) < 4.78 is 5.89. The lowest BCUT2D eigenvalue weighted by Gasteiger charge is -2.07. The third kappa shape index (κ3) is 5.93. The summed E-state index contributed by atoms with van der Waals surface area (Å²) in [6, 6.07) is 20.0. The van der Waals surface area contributed by atoms with Crippen molar-refractivity contribution in [3.63, 3.8) is 0 Å². The molecule has 0 aliphatic carbocycles. The molecule has 0 saturated carbocycles. The molecule has 156 valence electrons. The molecule has 0 aliphatic rings. The molecule has 4 N–H and O–H groups in total. The summed E-state index contributed by atoms with van der Waals surface area (Å²) in [6.45, 7) is 6.11. The van der Waals surface area contributed by atoms with Gasteiger partial charge in [0.2, 0.25) is 0 Å². The predicted octanol–water partition coefficient (Wildman–Crippen LogP) is 5.12. The number of rotatable bonds is 8. The summed E-state index contributed by atoms with van der Waals surface area (Å²) in [6.07, 6.45) is 9.47. The smallest absolute Gasteiger partial charge is 0.150 e. The number of hydrazone groups is 1. The molecule has 5 nitrogen and oxygen atoms in total. The highest BCUT2D eigenvalue weighted by atomic mass is 16.5. The third-order valence-electron chi connectivity index (χ3n) is 4.70. The van der Waals surface area contributed by atoms with Crippen LogP contribution in [0.4, 0.5) is 0 Å². The van der Waals surface area contributed by atoms with Gasteiger partial charge in [-0.3, -0.25) is 0 Å². The molecule has 31 heavy (non-hydrogen) atoms. The first-order valence-corrected chi connectivity index (χ1v) is 9.92. The number of amidine groups is 1. The van der Waals surface area contributed by atoms with Gasteiger partial charge in [-0.25, -0.2) is 4.98 Å². The number of nitrogens with zero attached hydrogens (tertiary/aromatic N) is 2. The summed E-state index contributed by atoms with van der Waals surface area (Å²) in [5.74, 6) is 6.28. The number of hydrogen-bond acceptors (Lipinski definition) is 4. The zero-order chi connectivity index (χ0) is 22.1. The van der Waals surface area contributed by atoms with Crippen LogP contribution in [0, 0.1) is 0 Å². The van der Waals surface area contributed by atoms with Crippen LogP contribution in [0.1, 0.15) is 18.2 Å². The van der Waals surface area contributed by atoms with Gasteiger partial charge < -0.3 is 16.3 Å². The minimum absolute atomic E-state index is 0.241. The monoisotopic (exact) mass is 410 g/mol. The SMILES string of the molecule is C=CC(=C\C(=C/C)\C=C\c1ccc(OCc2ccc3ccccc3n2)cc1)/C(N)=N/N. The van der Waals surface area contributed by atoms with Crippen molar-refractivity contribution in [1.29, 1.82) is 0 Å². The zero-order valence-corrected chi connectivity index (χ0v) is 17.5. The minimum atomic E-state index is 0.241. The van der Waals surface area contributed by atoms with Crippen LogP contribution in [-0.4, -0.2) is 10.8 Å². The Bertz CT molecular complexity index is 1170. The van der Waals surface area contributed by atoms with Crippen LogP contribution in [0.15, 0.2) is 108 Å². The van der Waals surface area contributed by atoms with Crippen LogP contribution in [0.25, 0.3) is 17.0 Å². The maximum atomic E-state index is 5.89. The van der Waals surface area contributed by atoms with Gasteiger partial charge in [-0.1, -0.05) is 67.3 Å². The molecule has 3 rings (SSSR count). The van der Waals surface area contributed by atoms with Crippen molar-refractivity contribution >= 4 is 22.8 Å². The molecule has 0 bridgehead atoms. The molecule has 0 saturated heterocycles. The molecular formula is C26H26N4O. The molecular weight excluding hydrogens is 384 g/mol. The van der Waals surface area contributed by atoms with Gasteiger partial charge in [0.25, 0.3) is 0 Å². The summed E-state index contributed by atoms with van der Waals surface area (Å²) in [5.41, 5.74) is 10.3. The average molecular weight is 411 g/mol. The first-order chi connectivity index (χ1) is 15.1. The Morgan fingerprint density at radius 1 is 1.10 bits per heavy atom. The highest BCUT2D eigenvalue weighted by molar-refractivity contribution is 5.99. The average Bonchev–Trinajstić information content (AvgIpc) is 2.83. The maximum Gasteiger partial charge on any atom is 0.150 e. The van der Waals surface area contributed by atoms with E-state index in [4.69, 9.17) is 16.3 Å². The van der Waals surface area contributed by atoms with Gasteiger partial charge in [0.1, 0.15) is 18.2 Å². The van der Waals surface area contributed by atoms with Crippen molar-refractivity contribution in [3.05, 3.63) is 114 Å². The Labute approximate surface area is 182 Å². The fourth-order valence-electron chi connectivity index (χ4n) is 2.93. The molecule has 1 aromatic heterocycles. The van der Waals surface area contributed by atoms with E-state index >= 15 is 0 Å². The van der Waals surface area contributed by atoms with Crippen molar-refractivity contribution < 1.29 is 4.74 Å². The second-order valence-electron chi connectivity index (χ2n) is 6.79. The Kier molecular flexibility index (Phi) is 7.38. The van der Waals surface area contributed by atoms with E-state index in [0.29, 0.717) is 12.2 Å². The summed E-state index contributed by atoms with van der Waals surface area (Å²) in [5, 5.41) is 4.64. The number of ether oxygens (including phenoxy) is 1. The van der Waals surface area contributed by atoms with Crippen LogP contribution >= 0.6 is 0 Å². The standard InChI is InChI=1S/C26H26N4O/c1-3-19(17-21(4-2)26(27)30-28)9-10-20-11-15-24(16-12-20)31-18-23-14-13-22-7-5-6-8-25(22)29-23/h3-17H,2,18,28H2,1H3,(H2,27,30)/b10-9+,19-3-,21-17+. The molecule has 1 heterocycles. The number of pyridine rings is 1. The lowest BCUT2D eigenvalue weighted by molar-refractivity contribution is 0.302. The van der Waals surface area contributed by atoms with Crippen molar-refractivity contribution in [3.8, 4) is 5.75 Å². The fraction of sp³-hybridized carbons (Fsp3) is 0.0769. The zero-order valence-electron chi connectivity index (χ0n) is 17.5. The number of aromatic nitrogens is 1. The Morgan fingerprint density at radius 3 is 2.58 bits per heavy atom. The van der Waals surface area contributed by atoms with Crippen LogP contribution in [-0.2, 0) is 6.61 Å². The van der Waals surface area contributed by atoms with Crippen molar-refractivity contribution in [2.45, 2.75) is 13.5 Å². The van der Waals surface area contributed by atoms with Gasteiger partial charge in [0.15, 0.2) is 0 Å². The first-order valence-electron chi connectivity index (χ1n) is 9.92. The molecule has 0 spiro atoms. The lowest BCUT2D eigenvalue weighted by Crippen LogP contribution is -2.15. The fourth-order valence-corrected chi connectivity index (χ4v) is 2.93. The van der Waals surface area contributed by atoms with Crippen LogP contribution in [0.3, 0.4) is 0 Å². The molecule has 2 aromatic carbocycles. The van der Waals surface area contributed by atoms with Crippen molar-refractivity contribution in [2.24, 2.45) is 16.7 Å². The molecule has 0 fully saturated rings. The highest BCUT2D eigenvalue weighted by Crippen LogP contribution is 2.17. The molecule has 0 aliphatic heterocycles. The van der Waals surface area contributed by atoms with E-state index in [1.54, 1.807) is 6.08 Å². The van der Waals surface area contributed by atoms with Crippen LogP contribution in [0.5, 0.6) is 5.75 Å². The van der Waals surface area contributed by atoms with Crippen LogP contribution in [0.2, 0.25) is 0 Å². The van der Waals surface area contributed by atoms with E-state index in [2.05, 4.69) is 22.7 Å². The van der Waals surface area contributed by atoms with E-state index in [9.17, 15) is 0 Å². The van der Waals surface area contributed by atoms with E-state index in [-0.39, 0.29) is 5.84 Å². The van der Waals surface area contributed by atoms with Gasteiger partial charge in [-0.15, -0.1) is 0 Å². The third-order valence-corrected chi connectivity index (χ3v) is 4.70. The van der Waals surface area contributed by atoms with Gasteiger partial charge in [-0.2, -0.15) is 5.10 Å². The van der Waals surface area contributed by atoms with Gasteiger partial charge >= 0.3 is 0 Å². The predicted molar refractivity (Wildman–Crippen MR) is 129 cm³/mol. The van der Waals surface area contributed by atoms with Crippen molar-refractivity contribution in [2.75, 3.05) is 0 Å². The Morgan fingerprint density at radius 2 is 1.87 bits per heavy atom. The quantitative estimate of drug-likeness (QED) is 0.177. The number of para-hydroxylation sites is 1. The van der Waals surface area contributed by atoms with Gasteiger partial charge in [0, 0.05) is 11.0 Å². The number of hydrogen-bond donors (Lipinski definition) is 2. The van der Waals surface area contributed by atoms with Gasteiger partial charge in [-0.05, 0) is 48.4 Å². The molecule has 5 heteroatoms. The molecule has 3 aromatic rings. The highest BCUT2D eigenvalue weighted by Gasteiger charge is 2.01. The summed E-state index contributed by atoms with van der Waals surface area (Å²) in [4.78, 5) is 4.64. The second-order valence-corrected chi connectivity index (χ2v) is 6.79. The Hall–Kier alpha value is -4.12. The normalized spacial score (nSPS) is 13.0. The van der Waals surface area contributed by atoms with E-state index in [0.717, 1.165) is 33.5 Å². The summed E-state index contributed by atoms with van der Waals surface area (Å²) >= 11 is 0. The van der Waals surface area contributed by atoms with Gasteiger partial charge in [0.05, 0.1) is 11.2 Å². The lowest BCUT2D eigenvalue weighted by atomic mass is 10.1. The Balaban J connectivity index is 1.63. The maximum absolute atomic E-state index is 5.89. The topological polar surface area (TPSA) is 86.5 Å². The number of fused-ring (bicyclic) bond motifs is 1. The molecule has 0 unspecified atom stereocenters. The van der Waals surface area contributed by atoms with E-state index in [1.165, 1.54) is 0 Å². The number of allylic oxidation sites excluding steroid dienone is 4. The van der Waals surface area contributed by atoms with Crippen LogP contribution < -0.4 is 16.3 Å². The summed E-state index contributed by atoms with van der Waals surface area (Å²) in [7, 11) is 0. The molecule has 0 atom stereocenters. The number of nitrogens with two attached hydrogens (primary N) is 2. The van der Waals surface area contributed by atoms with E-state index < -0.39 is 0 Å². The first kappa shape index (κ1) is 21.6. The largest absolute Gasteiger partial charge is 0.487 e.